The lowest BCUT2D eigenvalue weighted by Crippen LogP contribution is -2.02. The third kappa shape index (κ3) is 3.17. The van der Waals surface area contributed by atoms with Gasteiger partial charge in [0.2, 0.25) is 5.75 Å². The summed E-state index contributed by atoms with van der Waals surface area (Å²) in [7, 11) is 3.01. The molecular formula is C13H15ClO4. The van der Waals surface area contributed by atoms with Crippen molar-refractivity contribution < 1.29 is 19.0 Å². The second-order valence-electron chi connectivity index (χ2n) is 3.30. The van der Waals surface area contributed by atoms with Gasteiger partial charge in [-0.2, -0.15) is 0 Å². The maximum absolute atomic E-state index is 11.7. The van der Waals surface area contributed by atoms with Gasteiger partial charge in [0.15, 0.2) is 17.3 Å². The molecule has 0 radical (unpaired) electrons. The topological polar surface area (TPSA) is 44.8 Å². The molecule has 0 bridgehead atoms. The average Bonchev–Trinajstić information content (AvgIpc) is 2.38. The number of hydrogen-bond donors (Lipinski definition) is 0. The van der Waals surface area contributed by atoms with E-state index < -0.39 is 0 Å². The Kier molecular flexibility index (Phi) is 5.52. The zero-order valence-corrected chi connectivity index (χ0v) is 11.3. The predicted molar refractivity (Wildman–Crippen MR) is 70.0 cm³/mol. The Morgan fingerprint density at radius 2 is 1.94 bits per heavy atom. The maximum atomic E-state index is 11.7. The number of allylic oxidation sites excluding steroid dienone is 1. The Morgan fingerprint density at radius 1 is 1.28 bits per heavy atom. The lowest BCUT2D eigenvalue weighted by molar-refractivity contribution is 0.104. The molecule has 0 amide bonds. The lowest BCUT2D eigenvalue weighted by atomic mass is 10.1. The molecule has 0 spiro atoms. The van der Waals surface area contributed by atoms with Crippen molar-refractivity contribution in [1.29, 1.82) is 0 Å². The third-order valence-electron chi connectivity index (χ3n) is 2.24. The highest BCUT2D eigenvalue weighted by Crippen LogP contribution is 2.38. The average molecular weight is 271 g/mol. The van der Waals surface area contributed by atoms with Crippen molar-refractivity contribution in [3.8, 4) is 17.2 Å². The van der Waals surface area contributed by atoms with Crippen molar-refractivity contribution in [1.82, 2.24) is 0 Å². The normalized spacial score (nSPS) is 10.4. The molecule has 98 valence electrons. The van der Waals surface area contributed by atoms with Gasteiger partial charge in [0.1, 0.15) is 0 Å². The first-order valence-electron chi connectivity index (χ1n) is 5.37. The highest BCUT2D eigenvalue weighted by molar-refractivity contribution is 6.27. The molecule has 0 aliphatic heterocycles. The van der Waals surface area contributed by atoms with Crippen LogP contribution in [0.25, 0.3) is 0 Å². The van der Waals surface area contributed by atoms with Gasteiger partial charge < -0.3 is 14.2 Å². The maximum Gasteiger partial charge on any atom is 0.203 e. The number of carbonyl (C=O) groups is 1. The second-order valence-corrected chi connectivity index (χ2v) is 3.55. The molecule has 0 fully saturated rings. The molecular weight excluding hydrogens is 256 g/mol. The van der Waals surface area contributed by atoms with E-state index in [1.807, 2.05) is 6.92 Å². The molecule has 0 aliphatic rings. The predicted octanol–water partition coefficient (Wildman–Crippen LogP) is 3.04. The number of ketones is 1. The SMILES string of the molecule is CCOc1cc(C(=O)/C=C/Cl)cc(OC)c1OC. The van der Waals surface area contributed by atoms with Gasteiger partial charge in [-0.25, -0.2) is 0 Å². The van der Waals surface area contributed by atoms with Crippen LogP contribution in [-0.2, 0) is 0 Å². The van der Waals surface area contributed by atoms with Crippen LogP contribution < -0.4 is 14.2 Å². The van der Waals surface area contributed by atoms with Crippen LogP contribution >= 0.6 is 11.6 Å². The van der Waals surface area contributed by atoms with Crippen molar-refractivity contribution in [2.45, 2.75) is 6.92 Å². The molecule has 5 heteroatoms. The number of ether oxygens (including phenoxy) is 3. The summed E-state index contributed by atoms with van der Waals surface area (Å²) in [6.07, 6.45) is 1.26. The standard InChI is InChI=1S/C13H15ClO4/c1-4-18-12-8-9(10(15)5-6-14)7-11(16-2)13(12)17-3/h5-8H,4H2,1-3H3/b6-5+. The molecule has 1 rings (SSSR count). The van der Waals surface area contributed by atoms with Gasteiger partial charge in [-0.05, 0) is 25.1 Å². The summed E-state index contributed by atoms with van der Waals surface area (Å²) >= 11 is 5.39. The molecule has 0 N–H and O–H groups in total. The van der Waals surface area contributed by atoms with Gasteiger partial charge in [-0.1, -0.05) is 11.6 Å². The smallest absolute Gasteiger partial charge is 0.203 e. The van der Waals surface area contributed by atoms with Gasteiger partial charge in [-0.15, -0.1) is 0 Å². The zero-order valence-electron chi connectivity index (χ0n) is 10.5. The molecule has 1 aromatic carbocycles. The monoisotopic (exact) mass is 270 g/mol. The van der Waals surface area contributed by atoms with Gasteiger partial charge >= 0.3 is 0 Å². The first-order valence-corrected chi connectivity index (χ1v) is 5.81. The van der Waals surface area contributed by atoms with Gasteiger partial charge in [-0.3, -0.25) is 4.79 Å². The van der Waals surface area contributed by atoms with Crippen LogP contribution in [0.3, 0.4) is 0 Å². The van der Waals surface area contributed by atoms with Crippen molar-refractivity contribution in [3.63, 3.8) is 0 Å². The second kappa shape index (κ2) is 6.91. The van der Waals surface area contributed by atoms with Gasteiger partial charge in [0.05, 0.1) is 20.8 Å². The summed E-state index contributed by atoms with van der Waals surface area (Å²) in [4.78, 5) is 11.7. The first-order chi connectivity index (χ1) is 8.67. The first kappa shape index (κ1) is 14.4. The minimum atomic E-state index is -0.230. The highest BCUT2D eigenvalue weighted by Gasteiger charge is 2.15. The van der Waals surface area contributed by atoms with E-state index in [1.54, 1.807) is 12.1 Å². The number of rotatable bonds is 6. The van der Waals surface area contributed by atoms with Gasteiger partial charge in [0.25, 0.3) is 0 Å². The van der Waals surface area contributed by atoms with Crippen LogP contribution in [0.1, 0.15) is 17.3 Å². The van der Waals surface area contributed by atoms with Crippen LogP contribution in [-0.4, -0.2) is 26.6 Å². The van der Waals surface area contributed by atoms with E-state index >= 15 is 0 Å². The van der Waals surface area contributed by atoms with Crippen molar-refractivity contribution in [2.24, 2.45) is 0 Å². The molecule has 0 saturated carbocycles. The van der Waals surface area contributed by atoms with Gasteiger partial charge in [0, 0.05) is 11.1 Å². The fourth-order valence-electron chi connectivity index (χ4n) is 1.49. The Hall–Kier alpha value is -1.68. The molecule has 0 atom stereocenters. The van der Waals surface area contributed by atoms with E-state index in [0.717, 1.165) is 0 Å². The summed E-state index contributed by atoms with van der Waals surface area (Å²) < 4.78 is 15.8. The Balaban J connectivity index is 3.30. The molecule has 0 saturated heterocycles. The number of carbonyl (C=O) groups excluding carboxylic acids is 1. The van der Waals surface area contributed by atoms with E-state index in [-0.39, 0.29) is 5.78 Å². The minimum absolute atomic E-state index is 0.230. The quantitative estimate of drug-likeness (QED) is 0.589. The molecule has 0 aromatic heterocycles. The lowest BCUT2D eigenvalue weighted by Gasteiger charge is -2.14. The Morgan fingerprint density at radius 3 is 2.44 bits per heavy atom. The zero-order chi connectivity index (χ0) is 13.5. The summed E-state index contributed by atoms with van der Waals surface area (Å²) in [6.45, 7) is 2.31. The number of halogens is 1. The van der Waals surface area contributed by atoms with Crippen molar-refractivity contribution in [2.75, 3.05) is 20.8 Å². The van der Waals surface area contributed by atoms with Crippen LogP contribution in [0, 0.1) is 0 Å². The molecule has 0 heterocycles. The fourth-order valence-corrected chi connectivity index (χ4v) is 1.60. The van der Waals surface area contributed by atoms with E-state index in [0.29, 0.717) is 29.4 Å². The molecule has 4 nitrogen and oxygen atoms in total. The largest absolute Gasteiger partial charge is 0.493 e. The number of methoxy groups -OCH3 is 2. The van der Waals surface area contributed by atoms with E-state index in [2.05, 4.69) is 0 Å². The minimum Gasteiger partial charge on any atom is -0.493 e. The van der Waals surface area contributed by atoms with Crippen molar-refractivity contribution in [3.05, 3.63) is 29.3 Å². The number of benzene rings is 1. The molecule has 0 unspecified atom stereocenters. The Labute approximate surface area is 111 Å². The summed E-state index contributed by atoms with van der Waals surface area (Å²) in [6, 6.07) is 3.19. The molecule has 1 aromatic rings. The molecule has 0 aliphatic carbocycles. The summed E-state index contributed by atoms with van der Waals surface area (Å²) in [5.41, 5.74) is 1.59. The molecule has 18 heavy (non-hydrogen) atoms. The number of hydrogen-bond acceptors (Lipinski definition) is 4. The van der Waals surface area contributed by atoms with Crippen LogP contribution in [0.2, 0.25) is 0 Å². The Bertz CT molecular complexity index is 455. The summed E-state index contributed by atoms with van der Waals surface area (Å²) in [5.74, 6) is 1.14. The van der Waals surface area contributed by atoms with Crippen LogP contribution in [0.5, 0.6) is 17.2 Å². The summed E-state index contributed by atoms with van der Waals surface area (Å²) in [5, 5.41) is 0. The van der Waals surface area contributed by atoms with E-state index in [9.17, 15) is 4.79 Å². The van der Waals surface area contributed by atoms with Crippen molar-refractivity contribution >= 4 is 17.4 Å². The van der Waals surface area contributed by atoms with E-state index in [4.69, 9.17) is 25.8 Å². The fraction of sp³-hybridized carbons (Fsp3) is 0.308. The van der Waals surface area contributed by atoms with Crippen LogP contribution in [0.4, 0.5) is 0 Å². The highest BCUT2D eigenvalue weighted by atomic mass is 35.5. The van der Waals surface area contributed by atoms with Crippen LogP contribution in [0.15, 0.2) is 23.7 Å². The van der Waals surface area contributed by atoms with E-state index in [1.165, 1.54) is 25.8 Å². The third-order valence-corrected chi connectivity index (χ3v) is 2.37.